The molecule has 0 aliphatic carbocycles. The number of fused-ring (bicyclic) bond motifs is 1. The summed E-state index contributed by atoms with van der Waals surface area (Å²) in [4.78, 5) is 30.2. The zero-order chi connectivity index (χ0) is 20.9. The molecule has 0 aliphatic heterocycles. The van der Waals surface area contributed by atoms with Crippen molar-refractivity contribution in [3.05, 3.63) is 87.5 Å². The molecule has 3 aromatic heterocycles. The van der Waals surface area contributed by atoms with Crippen LogP contribution in [0.2, 0.25) is 0 Å². The number of amides is 1. The van der Waals surface area contributed by atoms with Gasteiger partial charge in [0.25, 0.3) is 5.91 Å². The van der Waals surface area contributed by atoms with Crippen molar-refractivity contribution >= 4 is 39.2 Å². The van der Waals surface area contributed by atoms with E-state index in [1.165, 1.54) is 20.8 Å². The molecule has 0 radical (unpaired) electrons. The van der Waals surface area contributed by atoms with E-state index in [1.807, 2.05) is 36.4 Å². The lowest BCUT2D eigenvalue weighted by molar-refractivity contribution is 0.0949. The third kappa shape index (κ3) is 4.63. The lowest BCUT2D eigenvalue weighted by Crippen LogP contribution is -2.27. The fraction of sp³-hybridized carbons (Fsp3) is 0.143. The fourth-order valence-corrected chi connectivity index (χ4v) is 4.04. The summed E-state index contributed by atoms with van der Waals surface area (Å²) in [7, 11) is 0. The number of nitrogens with one attached hydrogen (secondary N) is 1. The third-order valence-corrected chi connectivity index (χ3v) is 5.86. The normalized spacial score (nSPS) is 11.0. The van der Waals surface area contributed by atoms with Gasteiger partial charge in [-0.3, -0.25) is 9.20 Å². The van der Waals surface area contributed by atoms with Crippen LogP contribution >= 0.6 is 27.7 Å². The average Bonchev–Trinajstić information content (AvgIpc) is 3.09. The van der Waals surface area contributed by atoms with Crippen molar-refractivity contribution in [3.8, 4) is 0 Å². The van der Waals surface area contributed by atoms with Gasteiger partial charge in [-0.1, -0.05) is 30.0 Å². The molecule has 0 bridgehead atoms. The Bertz CT molecular complexity index is 1240. The maximum absolute atomic E-state index is 12.7. The van der Waals surface area contributed by atoms with Crippen molar-refractivity contribution in [2.24, 2.45) is 0 Å². The van der Waals surface area contributed by atoms with Crippen LogP contribution in [0.1, 0.15) is 16.8 Å². The average molecular weight is 484 g/mol. The first kappa shape index (κ1) is 20.4. The highest BCUT2D eigenvalue weighted by atomic mass is 79.9. The Hall–Kier alpha value is -2.91. The molecule has 3 heterocycles. The monoisotopic (exact) mass is 483 g/mol. The van der Waals surface area contributed by atoms with E-state index in [4.69, 9.17) is 0 Å². The van der Waals surface area contributed by atoms with E-state index in [0.717, 1.165) is 14.4 Å². The van der Waals surface area contributed by atoms with Crippen LogP contribution in [0.5, 0.6) is 0 Å². The first-order valence-corrected chi connectivity index (χ1v) is 10.9. The lowest BCUT2D eigenvalue weighted by Gasteiger charge is -2.09. The van der Waals surface area contributed by atoms with Crippen molar-refractivity contribution < 1.29 is 4.79 Å². The van der Waals surface area contributed by atoms with E-state index in [-0.39, 0.29) is 11.6 Å². The van der Waals surface area contributed by atoms with Crippen LogP contribution in [0.25, 0.3) is 5.65 Å². The molecule has 0 saturated heterocycles. The molecule has 9 heteroatoms. The maximum atomic E-state index is 12.7. The Labute approximate surface area is 185 Å². The number of nitrogens with zero attached hydrogens (tertiary/aromatic N) is 4. The molecule has 30 heavy (non-hydrogen) atoms. The van der Waals surface area contributed by atoms with Gasteiger partial charge in [0.05, 0.1) is 5.56 Å². The predicted molar refractivity (Wildman–Crippen MR) is 119 cm³/mol. The number of pyridine rings is 2. The number of carbonyl (C=O) groups is 1. The van der Waals surface area contributed by atoms with E-state index in [2.05, 4.69) is 31.3 Å². The van der Waals surface area contributed by atoms with Crippen molar-refractivity contribution in [2.75, 3.05) is 6.54 Å². The van der Waals surface area contributed by atoms with Gasteiger partial charge in [0.1, 0.15) is 5.03 Å². The second-order valence-electron chi connectivity index (χ2n) is 6.46. The van der Waals surface area contributed by atoms with Gasteiger partial charge in [0, 0.05) is 34.9 Å². The van der Waals surface area contributed by atoms with Crippen LogP contribution in [0, 0.1) is 0 Å². The number of aromatic nitrogens is 4. The smallest absolute Gasteiger partial charge is 0.350 e. The molecule has 152 valence electrons. The van der Waals surface area contributed by atoms with E-state index >= 15 is 0 Å². The van der Waals surface area contributed by atoms with Gasteiger partial charge in [0.15, 0.2) is 5.65 Å². The number of carbonyl (C=O) groups excluding carboxylic acids is 1. The summed E-state index contributed by atoms with van der Waals surface area (Å²) in [6.45, 7) is 0.870. The van der Waals surface area contributed by atoms with Crippen LogP contribution in [0.4, 0.5) is 0 Å². The van der Waals surface area contributed by atoms with E-state index in [0.29, 0.717) is 30.7 Å². The van der Waals surface area contributed by atoms with Crippen LogP contribution < -0.4 is 11.0 Å². The number of hydrogen-bond acceptors (Lipinski definition) is 5. The number of halogens is 1. The minimum Gasteiger partial charge on any atom is -0.352 e. The van der Waals surface area contributed by atoms with Gasteiger partial charge in [0.2, 0.25) is 0 Å². The number of rotatable bonds is 7. The van der Waals surface area contributed by atoms with Gasteiger partial charge in [-0.15, -0.1) is 5.10 Å². The molecule has 0 aliphatic rings. The summed E-state index contributed by atoms with van der Waals surface area (Å²) >= 11 is 4.81. The zero-order valence-electron chi connectivity index (χ0n) is 15.9. The van der Waals surface area contributed by atoms with Crippen LogP contribution in [-0.2, 0) is 6.54 Å². The lowest BCUT2D eigenvalue weighted by atomic mass is 10.2. The molecule has 4 aromatic rings. The Morgan fingerprint density at radius 1 is 1.10 bits per heavy atom. The van der Waals surface area contributed by atoms with Crippen LogP contribution in [0.15, 0.2) is 86.2 Å². The van der Waals surface area contributed by atoms with Crippen molar-refractivity contribution in [2.45, 2.75) is 22.9 Å². The van der Waals surface area contributed by atoms with Crippen LogP contribution in [0.3, 0.4) is 0 Å². The highest BCUT2D eigenvalue weighted by Crippen LogP contribution is 2.29. The molecule has 1 aromatic carbocycles. The standard InChI is InChI=1S/C21H18BrN5O2S/c22-15-9-10-19(24-14-15)30-17-7-2-1-6-16(17)20(28)23-11-5-13-27-21(29)26-12-4-3-8-18(26)25-27/h1-4,6-10,12,14H,5,11,13H2,(H,23,28). The molecular weight excluding hydrogens is 466 g/mol. The molecule has 0 atom stereocenters. The highest BCUT2D eigenvalue weighted by Gasteiger charge is 2.12. The zero-order valence-corrected chi connectivity index (χ0v) is 18.3. The minimum absolute atomic E-state index is 0.155. The van der Waals surface area contributed by atoms with Crippen LogP contribution in [-0.4, -0.2) is 31.6 Å². The Balaban J connectivity index is 1.36. The Morgan fingerprint density at radius 3 is 2.73 bits per heavy atom. The maximum Gasteiger partial charge on any atom is 0.350 e. The third-order valence-electron chi connectivity index (χ3n) is 4.37. The Kier molecular flexibility index (Phi) is 6.29. The quantitative estimate of drug-likeness (QED) is 0.406. The van der Waals surface area contributed by atoms with Crippen molar-refractivity contribution in [1.29, 1.82) is 0 Å². The van der Waals surface area contributed by atoms with Crippen molar-refractivity contribution in [3.63, 3.8) is 0 Å². The molecule has 0 spiro atoms. The molecule has 0 fully saturated rings. The summed E-state index contributed by atoms with van der Waals surface area (Å²) < 4.78 is 3.83. The summed E-state index contributed by atoms with van der Waals surface area (Å²) in [5.41, 5.74) is 1.02. The molecule has 1 N–H and O–H groups in total. The summed E-state index contributed by atoms with van der Waals surface area (Å²) in [6.07, 6.45) is 4.02. The minimum atomic E-state index is -0.180. The predicted octanol–water partition coefficient (Wildman–Crippen LogP) is 3.62. The fourth-order valence-electron chi connectivity index (χ4n) is 2.92. The number of benzene rings is 1. The van der Waals surface area contributed by atoms with Gasteiger partial charge >= 0.3 is 5.69 Å². The first-order chi connectivity index (χ1) is 14.6. The van der Waals surface area contributed by atoms with Gasteiger partial charge in [-0.25, -0.2) is 14.5 Å². The second-order valence-corrected chi connectivity index (χ2v) is 8.43. The highest BCUT2D eigenvalue weighted by molar-refractivity contribution is 9.10. The number of hydrogen-bond donors (Lipinski definition) is 1. The van der Waals surface area contributed by atoms with Gasteiger partial charge in [-0.2, -0.15) is 0 Å². The SMILES string of the molecule is O=C(NCCCn1nc2ccccn2c1=O)c1ccccc1Sc1ccc(Br)cn1. The largest absolute Gasteiger partial charge is 0.352 e. The van der Waals surface area contributed by atoms with E-state index < -0.39 is 0 Å². The second kappa shape index (κ2) is 9.27. The molecule has 0 unspecified atom stereocenters. The topological polar surface area (TPSA) is 81.3 Å². The summed E-state index contributed by atoms with van der Waals surface area (Å²) in [5.74, 6) is -0.155. The summed E-state index contributed by atoms with van der Waals surface area (Å²) in [6, 6.07) is 16.7. The molecule has 1 amide bonds. The first-order valence-electron chi connectivity index (χ1n) is 9.33. The molecule has 4 rings (SSSR count). The van der Waals surface area contributed by atoms with E-state index in [1.54, 1.807) is 30.6 Å². The molecular formula is C21H18BrN5O2S. The van der Waals surface area contributed by atoms with Gasteiger partial charge in [-0.05, 0) is 58.7 Å². The number of aryl methyl sites for hydroxylation is 1. The Morgan fingerprint density at radius 2 is 1.93 bits per heavy atom. The summed E-state index contributed by atoms with van der Waals surface area (Å²) in [5, 5.41) is 8.03. The molecule has 7 nitrogen and oxygen atoms in total. The van der Waals surface area contributed by atoms with Gasteiger partial charge < -0.3 is 5.32 Å². The molecule has 0 saturated carbocycles. The van der Waals surface area contributed by atoms with Crippen molar-refractivity contribution in [1.82, 2.24) is 24.5 Å². The van der Waals surface area contributed by atoms with E-state index in [9.17, 15) is 9.59 Å².